The molecule has 2 aliphatic heterocycles. The van der Waals surface area contributed by atoms with E-state index in [9.17, 15) is 4.79 Å². The van der Waals surface area contributed by atoms with Crippen LogP contribution in [0, 0.1) is 0 Å². The third-order valence-corrected chi connectivity index (χ3v) is 5.22. The van der Waals surface area contributed by atoms with Gasteiger partial charge in [-0.1, -0.05) is 35.5 Å². The van der Waals surface area contributed by atoms with Crippen LogP contribution in [0.25, 0.3) is 11.3 Å². The summed E-state index contributed by atoms with van der Waals surface area (Å²) in [6.07, 6.45) is 3.48. The second-order valence-electron chi connectivity index (χ2n) is 6.53. The highest BCUT2D eigenvalue weighted by atomic mass is 16.5. The van der Waals surface area contributed by atoms with Crippen molar-refractivity contribution in [2.24, 2.45) is 0 Å². The van der Waals surface area contributed by atoms with Crippen LogP contribution < -0.4 is 0 Å². The van der Waals surface area contributed by atoms with E-state index in [1.165, 1.54) is 12.8 Å². The van der Waals surface area contributed by atoms with Crippen LogP contribution in [0.15, 0.2) is 40.9 Å². The number of amides is 1. The third kappa shape index (κ3) is 2.65. The van der Waals surface area contributed by atoms with Gasteiger partial charge in [0.25, 0.3) is 5.91 Å². The fraction of sp³-hybridized carbons (Fsp3) is 0.444. The van der Waals surface area contributed by atoms with Crippen LogP contribution in [0.3, 0.4) is 0 Å². The SMILES string of the molecule is CN1[C@H]2CC[C@@H]1CN(C(=O)c1cc(-c3ccccc3)on1)CC2. The summed E-state index contributed by atoms with van der Waals surface area (Å²) in [5, 5.41) is 4.00. The van der Waals surface area contributed by atoms with E-state index in [0.29, 0.717) is 23.5 Å². The number of likely N-dealkylation sites (tertiary alicyclic amines) is 1. The van der Waals surface area contributed by atoms with Crippen molar-refractivity contribution in [1.29, 1.82) is 0 Å². The standard InChI is InChI=1S/C18H21N3O2/c1-20-14-7-8-15(20)12-21(10-9-14)18(22)16-11-17(23-19-16)13-5-3-2-4-6-13/h2-6,11,14-15H,7-10,12H2,1H3/t14-,15+/m0/s1. The zero-order valence-corrected chi connectivity index (χ0v) is 13.3. The molecule has 0 radical (unpaired) electrons. The summed E-state index contributed by atoms with van der Waals surface area (Å²) in [5.41, 5.74) is 1.35. The van der Waals surface area contributed by atoms with Crippen LogP contribution in [-0.4, -0.2) is 53.1 Å². The normalized spacial score (nSPS) is 24.7. The van der Waals surface area contributed by atoms with E-state index in [1.807, 2.05) is 35.2 Å². The highest BCUT2D eigenvalue weighted by Crippen LogP contribution is 2.29. The van der Waals surface area contributed by atoms with Crippen LogP contribution in [0.4, 0.5) is 0 Å². The molecule has 4 rings (SSSR count). The van der Waals surface area contributed by atoms with Crippen molar-refractivity contribution in [3.8, 4) is 11.3 Å². The molecule has 23 heavy (non-hydrogen) atoms. The molecule has 120 valence electrons. The lowest BCUT2D eigenvalue weighted by Crippen LogP contribution is -2.39. The first-order chi connectivity index (χ1) is 11.2. The summed E-state index contributed by atoms with van der Waals surface area (Å²) in [6.45, 7) is 1.59. The molecule has 2 aromatic rings. The van der Waals surface area contributed by atoms with Gasteiger partial charge in [0.15, 0.2) is 11.5 Å². The Morgan fingerprint density at radius 2 is 1.96 bits per heavy atom. The molecule has 1 aromatic heterocycles. The number of nitrogens with zero attached hydrogens (tertiary/aromatic N) is 3. The summed E-state index contributed by atoms with van der Waals surface area (Å²) in [4.78, 5) is 17.1. The lowest BCUT2D eigenvalue weighted by atomic mass is 10.1. The Balaban J connectivity index is 1.52. The quantitative estimate of drug-likeness (QED) is 0.855. The van der Waals surface area contributed by atoms with Crippen molar-refractivity contribution in [3.05, 3.63) is 42.1 Å². The zero-order chi connectivity index (χ0) is 15.8. The van der Waals surface area contributed by atoms with Crippen LogP contribution in [0.1, 0.15) is 29.8 Å². The maximum Gasteiger partial charge on any atom is 0.276 e. The number of fused-ring (bicyclic) bond motifs is 2. The molecule has 5 heteroatoms. The van der Waals surface area contributed by atoms with Gasteiger partial charge in [0.2, 0.25) is 0 Å². The Morgan fingerprint density at radius 3 is 2.78 bits per heavy atom. The van der Waals surface area contributed by atoms with Gasteiger partial charge in [0.1, 0.15) is 0 Å². The molecule has 0 N–H and O–H groups in total. The van der Waals surface area contributed by atoms with E-state index < -0.39 is 0 Å². The first-order valence-electron chi connectivity index (χ1n) is 8.26. The Morgan fingerprint density at radius 1 is 1.17 bits per heavy atom. The minimum atomic E-state index is -0.0168. The summed E-state index contributed by atoms with van der Waals surface area (Å²) in [6, 6.07) is 12.6. The molecule has 0 saturated carbocycles. The van der Waals surface area contributed by atoms with Crippen molar-refractivity contribution >= 4 is 5.91 Å². The van der Waals surface area contributed by atoms with E-state index in [4.69, 9.17) is 4.52 Å². The van der Waals surface area contributed by atoms with Crippen molar-refractivity contribution < 1.29 is 9.32 Å². The molecule has 2 saturated heterocycles. The van der Waals surface area contributed by atoms with Crippen LogP contribution in [0.5, 0.6) is 0 Å². The van der Waals surface area contributed by atoms with E-state index in [0.717, 1.165) is 25.1 Å². The summed E-state index contributed by atoms with van der Waals surface area (Å²) >= 11 is 0. The Kier molecular flexibility index (Phi) is 3.65. The number of carbonyl (C=O) groups excluding carboxylic acids is 1. The first-order valence-corrected chi connectivity index (χ1v) is 8.26. The molecule has 5 nitrogen and oxygen atoms in total. The van der Waals surface area contributed by atoms with E-state index in [1.54, 1.807) is 6.07 Å². The van der Waals surface area contributed by atoms with Gasteiger partial charge in [-0.2, -0.15) is 0 Å². The molecule has 1 amide bonds. The Bertz CT molecular complexity index is 697. The molecule has 1 aromatic carbocycles. The predicted molar refractivity (Wildman–Crippen MR) is 87.0 cm³/mol. The van der Waals surface area contributed by atoms with Crippen molar-refractivity contribution in [3.63, 3.8) is 0 Å². The van der Waals surface area contributed by atoms with Crippen LogP contribution in [0.2, 0.25) is 0 Å². The maximum atomic E-state index is 12.8. The van der Waals surface area contributed by atoms with Crippen molar-refractivity contribution in [2.75, 3.05) is 20.1 Å². The highest BCUT2D eigenvalue weighted by Gasteiger charge is 2.36. The molecular formula is C18H21N3O2. The van der Waals surface area contributed by atoms with Gasteiger partial charge in [-0.05, 0) is 26.3 Å². The molecule has 0 unspecified atom stereocenters. The van der Waals surface area contributed by atoms with E-state index >= 15 is 0 Å². The fourth-order valence-corrected chi connectivity index (χ4v) is 3.77. The highest BCUT2D eigenvalue weighted by molar-refractivity contribution is 5.93. The fourth-order valence-electron chi connectivity index (χ4n) is 3.77. The summed E-state index contributed by atoms with van der Waals surface area (Å²) in [7, 11) is 2.18. The lowest BCUT2D eigenvalue weighted by molar-refractivity contribution is 0.0730. The van der Waals surface area contributed by atoms with Gasteiger partial charge in [-0.15, -0.1) is 0 Å². The van der Waals surface area contributed by atoms with Crippen LogP contribution in [-0.2, 0) is 0 Å². The third-order valence-electron chi connectivity index (χ3n) is 5.22. The number of hydrogen-bond acceptors (Lipinski definition) is 4. The number of likely N-dealkylation sites (N-methyl/N-ethyl adjacent to an activating group) is 1. The Hall–Kier alpha value is -2.14. The van der Waals surface area contributed by atoms with E-state index in [2.05, 4.69) is 17.1 Å². The molecule has 2 fully saturated rings. The molecule has 2 bridgehead atoms. The van der Waals surface area contributed by atoms with Gasteiger partial charge in [-0.3, -0.25) is 9.69 Å². The lowest BCUT2D eigenvalue weighted by Gasteiger charge is -2.25. The number of hydrogen-bond donors (Lipinski definition) is 0. The minimum absolute atomic E-state index is 0.0168. The van der Waals surface area contributed by atoms with Gasteiger partial charge in [-0.25, -0.2) is 0 Å². The molecule has 2 aliphatic rings. The van der Waals surface area contributed by atoms with Gasteiger partial charge < -0.3 is 9.42 Å². The van der Waals surface area contributed by atoms with Gasteiger partial charge >= 0.3 is 0 Å². The van der Waals surface area contributed by atoms with Gasteiger partial charge in [0.05, 0.1) is 0 Å². The molecule has 0 spiro atoms. The topological polar surface area (TPSA) is 49.6 Å². The summed E-state index contributed by atoms with van der Waals surface area (Å²) in [5.74, 6) is 0.624. The largest absolute Gasteiger partial charge is 0.355 e. The zero-order valence-electron chi connectivity index (χ0n) is 13.3. The number of carbonyl (C=O) groups is 1. The average molecular weight is 311 g/mol. The molecular weight excluding hydrogens is 290 g/mol. The second-order valence-corrected chi connectivity index (χ2v) is 6.53. The Labute approximate surface area is 135 Å². The number of rotatable bonds is 2. The van der Waals surface area contributed by atoms with Crippen molar-refractivity contribution in [2.45, 2.75) is 31.3 Å². The second kappa shape index (κ2) is 5.81. The smallest absolute Gasteiger partial charge is 0.276 e. The first kappa shape index (κ1) is 14.5. The van der Waals surface area contributed by atoms with Gasteiger partial charge in [0, 0.05) is 36.8 Å². The number of benzene rings is 1. The molecule has 0 aliphatic carbocycles. The summed E-state index contributed by atoms with van der Waals surface area (Å²) < 4.78 is 5.37. The van der Waals surface area contributed by atoms with Crippen LogP contribution >= 0.6 is 0 Å². The average Bonchev–Trinajstić information content (AvgIpc) is 3.13. The van der Waals surface area contributed by atoms with Crippen molar-refractivity contribution in [1.82, 2.24) is 15.0 Å². The maximum absolute atomic E-state index is 12.8. The van der Waals surface area contributed by atoms with E-state index in [-0.39, 0.29) is 5.91 Å². The number of aromatic nitrogens is 1. The molecule has 3 heterocycles. The monoisotopic (exact) mass is 311 g/mol. The minimum Gasteiger partial charge on any atom is -0.355 e. The molecule has 2 atom stereocenters. The predicted octanol–water partition coefficient (Wildman–Crippen LogP) is 2.65.